The van der Waals surface area contributed by atoms with Crippen molar-refractivity contribution >= 4 is 17.4 Å². The topological polar surface area (TPSA) is 87.1 Å². The predicted molar refractivity (Wildman–Crippen MR) is 126 cm³/mol. The van der Waals surface area contributed by atoms with Crippen LogP contribution in [0.1, 0.15) is 69.8 Å². The van der Waals surface area contributed by atoms with Gasteiger partial charge in [0, 0.05) is 24.3 Å². The number of carbonyl (C=O) groups excluding carboxylic acids is 1. The van der Waals surface area contributed by atoms with Crippen molar-refractivity contribution in [3.63, 3.8) is 0 Å². The summed E-state index contributed by atoms with van der Waals surface area (Å²) in [4.78, 5) is 21.8. The molecule has 1 fully saturated rings. The summed E-state index contributed by atoms with van der Waals surface area (Å²) < 4.78 is 0. The van der Waals surface area contributed by atoms with Crippen LogP contribution in [0.4, 0.5) is 11.5 Å². The number of terminal acetylenes is 1. The molecule has 1 saturated carbocycles. The lowest BCUT2D eigenvalue weighted by Gasteiger charge is -2.40. The number of para-hydroxylation sites is 1. The van der Waals surface area contributed by atoms with E-state index in [0.717, 1.165) is 42.8 Å². The third-order valence-corrected chi connectivity index (χ3v) is 7.15. The molecule has 1 amide bonds. The van der Waals surface area contributed by atoms with Crippen LogP contribution in [0.3, 0.4) is 0 Å². The lowest BCUT2D eigenvalue weighted by atomic mass is 9.73. The van der Waals surface area contributed by atoms with Crippen LogP contribution in [0.5, 0.6) is 0 Å². The maximum Gasteiger partial charge on any atom is 0.234 e. The fourth-order valence-corrected chi connectivity index (χ4v) is 5.00. The lowest BCUT2D eigenvalue weighted by molar-refractivity contribution is -0.120. The Morgan fingerprint density at radius 2 is 2.06 bits per heavy atom. The van der Waals surface area contributed by atoms with Crippen LogP contribution >= 0.6 is 0 Å². The highest BCUT2D eigenvalue weighted by molar-refractivity contribution is 6.05. The first-order chi connectivity index (χ1) is 15.2. The van der Waals surface area contributed by atoms with Crippen LogP contribution < -0.4 is 10.6 Å². The average molecular weight is 433 g/mol. The minimum Gasteiger partial charge on any atom is -0.393 e. The molecule has 0 spiro atoms. The highest BCUT2D eigenvalue weighted by Gasteiger charge is 2.41. The monoisotopic (exact) mass is 432 g/mol. The van der Waals surface area contributed by atoms with Gasteiger partial charge in [-0.15, -0.1) is 6.42 Å². The standard InChI is InChI=1S/C26H32N4O2/c1-5-17-16-27-22(30-23(17)28-18-12-13-21(31)25(2,3)15-18)11-8-14-26(4)19-9-6-7-10-20(19)29-24(26)32/h1,6-7,9-10,16,18,21,31H,8,11-15H2,2-4H3,(H,29,32)(H,27,28,30)/t18-,21+,26-/m1/s1. The molecule has 3 atom stereocenters. The zero-order valence-corrected chi connectivity index (χ0v) is 19.1. The van der Waals surface area contributed by atoms with Gasteiger partial charge in [0.15, 0.2) is 0 Å². The summed E-state index contributed by atoms with van der Waals surface area (Å²) in [5.74, 6) is 4.13. The van der Waals surface area contributed by atoms with Gasteiger partial charge >= 0.3 is 0 Å². The highest BCUT2D eigenvalue weighted by Crippen LogP contribution is 2.41. The van der Waals surface area contributed by atoms with E-state index >= 15 is 0 Å². The van der Waals surface area contributed by atoms with Gasteiger partial charge in [-0.1, -0.05) is 38.0 Å². The van der Waals surface area contributed by atoms with E-state index in [9.17, 15) is 9.90 Å². The molecule has 0 radical (unpaired) electrons. The molecule has 1 aliphatic carbocycles. The van der Waals surface area contributed by atoms with Crippen LogP contribution in [0.15, 0.2) is 30.5 Å². The van der Waals surface area contributed by atoms with Gasteiger partial charge in [0.25, 0.3) is 0 Å². The van der Waals surface area contributed by atoms with Crippen molar-refractivity contribution in [3.8, 4) is 12.3 Å². The zero-order valence-electron chi connectivity index (χ0n) is 19.1. The number of anilines is 2. The van der Waals surface area contributed by atoms with Crippen molar-refractivity contribution in [1.82, 2.24) is 9.97 Å². The summed E-state index contributed by atoms with van der Waals surface area (Å²) in [5, 5.41) is 16.7. The van der Waals surface area contributed by atoms with Crippen LogP contribution in [0, 0.1) is 17.8 Å². The summed E-state index contributed by atoms with van der Waals surface area (Å²) in [6, 6.07) is 8.09. The molecule has 1 aliphatic heterocycles. The largest absolute Gasteiger partial charge is 0.393 e. The Balaban J connectivity index is 1.43. The SMILES string of the molecule is C#Cc1cnc(CCC[C@@]2(C)C(=O)Nc3ccccc32)nc1N[C@@H]1CC[C@H](O)C(C)(C)C1. The van der Waals surface area contributed by atoms with Crippen molar-refractivity contribution < 1.29 is 9.90 Å². The summed E-state index contributed by atoms with van der Waals surface area (Å²) in [6.07, 6.45) is 11.8. The molecule has 32 heavy (non-hydrogen) atoms. The molecule has 2 heterocycles. The number of aryl methyl sites for hydroxylation is 1. The summed E-state index contributed by atoms with van der Waals surface area (Å²) in [6.45, 7) is 6.19. The maximum absolute atomic E-state index is 12.6. The normalized spacial score (nSPS) is 26.2. The average Bonchev–Trinajstić information content (AvgIpc) is 3.01. The molecule has 2 aromatic rings. The Kier molecular flexibility index (Phi) is 5.96. The van der Waals surface area contributed by atoms with Crippen molar-refractivity contribution in [2.45, 2.75) is 76.9 Å². The molecule has 168 valence electrons. The van der Waals surface area contributed by atoms with Gasteiger partial charge in [-0.05, 0) is 56.1 Å². The molecular formula is C26H32N4O2. The number of carbonyl (C=O) groups is 1. The van der Waals surface area contributed by atoms with Crippen LogP contribution in [0.2, 0.25) is 0 Å². The molecule has 2 aliphatic rings. The Morgan fingerprint density at radius 1 is 1.28 bits per heavy atom. The zero-order chi connectivity index (χ0) is 22.9. The van der Waals surface area contributed by atoms with Gasteiger partial charge in [0.2, 0.25) is 5.91 Å². The predicted octanol–water partition coefficient (Wildman–Crippen LogP) is 4.04. The number of fused-ring (bicyclic) bond motifs is 1. The van der Waals surface area contributed by atoms with Gasteiger partial charge in [0.1, 0.15) is 11.6 Å². The molecule has 1 aromatic carbocycles. The number of nitrogens with zero attached hydrogens (tertiary/aromatic N) is 2. The molecule has 6 nitrogen and oxygen atoms in total. The second-order valence-corrected chi connectivity index (χ2v) is 10.0. The first-order valence-electron chi connectivity index (χ1n) is 11.4. The maximum atomic E-state index is 12.6. The summed E-state index contributed by atoms with van der Waals surface area (Å²) in [7, 11) is 0. The number of rotatable bonds is 6. The second-order valence-electron chi connectivity index (χ2n) is 10.0. The van der Waals surface area contributed by atoms with Crippen molar-refractivity contribution in [2.24, 2.45) is 5.41 Å². The van der Waals surface area contributed by atoms with E-state index < -0.39 is 5.41 Å². The third-order valence-electron chi connectivity index (χ3n) is 7.15. The Bertz CT molecular complexity index is 1060. The van der Waals surface area contributed by atoms with Gasteiger partial charge < -0.3 is 15.7 Å². The van der Waals surface area contributed by atoms with Crippen molar-refractivity contribution in [3.05, 3.63) is 47.4 Å². The van der Waals surface area contributed by atoms with E-state index in [4.69, 9.17) is 11.4 Å². The molecule has 6 heteroatoms. The minimum absolute atomic E-state index is 0.0479. The van der Waals surface area contributed by atoms with E-state index in [1.54, 1.807) is 6.20 Å². The number of aliphatic hydroxyl groups excluding tert-OH is 1. The first kappa shape index (κ1) is 22.3. The second kappa shape index (κ2) is 8.55. The lowest BCUT2D eigenvalue weighted by Crippen LogP contribution is -2.41. The molecule has 0 bridgehead atoms. The number of benzene rings is 1. The molecule has 4 rings (SSSR count). The Labute approximate surface area is 190 Å². The fraction of sp³-hybridized carbons (Fsp3) is 0.500. The van der Waals surface area contributed by atoms with Gasteiger partial charge in [0.05, 0.1) is 17.1 Å². The number of nitrogens with one attached hydrogen (secondary N) is 2. The number of hydrogen-bond acceptors (Lipinski definition) is 5. The number of amides is 1. The number of aromatic nitrogens is 2. The minimum atomic E-state index is -0.537. The fourth-order valence-electron chi connectivity index (χ4n) is 5.00. The Morgan fingerprint density at radius 3 is 2.81 bits per heavy atom. The van der Waals surface area contributed by atoms with Crippen molar-refractivity contribution in [2.75, 3.05) is 10.6 Å². The summed E-state index contributed by atoms with van der Waals surface area (Å²) in [5.41, 5.74) is 1.93. The third kappa shape index (κ3) is 4.22. The molecule has 1 aromatic heterocycles. The van der Waals surface area contributed by atoms with Crippen LogP contribution in [-0.2, 0) is 16.6 Å². The summed E-state index contributed by atoms with van der Waals surface area (Å²) >= 11 is 0. The van der Waals surface area contributed by atoms with Gasteiger partial charge in [-0.2, -0.15) is 0 Å². The van der Waals surface area contributed by atoms with Gasteiger partial charge in [-0.25, -0.2) is 9.97 Å². The van der Waals surface area contributed by atoms with E-state index in [1.807, 2.05) is 31.2 Å². The van der Waals surface area contributed by atoms with Crippen LogP contribution in [0.25, 0.3) is 0 Å². The molecule has 0 saturated heterocycles. The molecule has 0 unspecified atom stereocenters. The van der Waals surface area contributed by atoms with E-state index in [2.05, 4.69) is 35.4 Å². The molecular weight excluding hydrogens is 400 g/mol. The van der Waals surface area contributed by atoms with Gasteiger partial charge in [-0.3, -0.25) is 4.79 Å². The van der Waals surface area contributed by atoms with E-state index in [0.29, 0.717) is 24.2 Å². The van der Waals surface area contributed by atoms with E-state index in [1.165, 1.54) is 0 Å². The number of aliphatic hydroxyl groups is 1. The smallest absolute Gasteiger partial charge is 0.234 e. The van der Waals surface area contributed by atoms with Crippen LogP contribution in [-0.4, -0.2) is 33.1 Å². The van der Waals surface area contributed by atoms with Crippen molar-refractivity contribution in [1.29, 1.82) is 0 Å². The van der Waals surface area contributed by atoms with E-state index in [-0.39, 0.29) is 23.5 Å². The Hall–Kier alpha value is -2.91. The first-order valence-corrected chi connectivity index (χ1v) is 11.4. The molecule has 3 N–H and O–H groups in total. The highest BCUT2D eigenvalue weighted by atomic mass is 16.3. The number of hydrogen-bond donors (Lipinski definition) is 3. The quantitative estimate of drug-likeness (QED) is 0.600.